The molecule has 2 aliphatic heterocycles. The minimum atomic E-state index is -0.0759. The maximum Gasteiger partial charge on any atom is 0.0564 e. The second-order valence-corrected chi connectivity index (χ2v) is 6.34. The van der Waals surface area contributed by atoms with Crippen molar-refractivity contribution in [2.75, 3.05) is 45.9 Å². The van der Waals surface area contributed by atoms with E-state index >= 15 is 0 Å². The molecule has 2 rings (SSSR count). The van der Waals surface area contributed by atoms with Crippen molar-refractivity contribution in [3.05, 3.63) is 0 Å². The molecule has 1 unspecified atom stereocenters. The molecule has 0 aliphatic carbocycles. The van der Waals surface area contributed by atoms with Gasteiger partial charge in [0.05, 0.1) is 12.7 Å². The summed E-state index contributed by atoms with van der Waals surface area (Å²) in [5.41, 5.74) is 0.287. The summed E-state index contributed by atoms with van der Waals surface area (Å²) in [4.78, 5) is 2.52. The molecular weight excluding hydrogens is 240 g/mol. The van der Waals surface area contributed by atoms with Gasteiger partial charge in [0.25, 0.3) is 0 Å². The van der Waals surface area contributed by atoms with Crippen molar-refractivity contribution in [1.82, 2.24) is 10.2 Å². The van der Waals surface area contributed by atoms with Crippen LogP contribution in [0.5, 0.6) is 0 Å². The van der Waals surface area contributed by atoms with Gasteiger partial charge in [0.1, 0.15) is 0 Å². The van der Waals surface area contributed by atoms with Crippen LogP contribution in [0.4, 0.5) is 0 Å². The van der Waals surface area contributed by atoms with E-state index in [9.17, 15) is 5.11 Å². The Labute approximate surface area is 117 Å². The van der Waals surface area contributed by atoms with Crippen molar-refractivity contribution in [3.8, 4) is 0 Å². The fraction of sp³-hybridized carbons (Fsp3) is 1.00. The van der Waals surface area contributed by atoms with E-state index in [0.717, 1.165) is 58.8 Å². The largest absolute Gasteiger partial charge is 0.393 e. The van der Waals surface area contributed by atoms with Gasteiger partial charge in [-0.15, -0.1) is 0 Å². The third-order valence-corrected chi connectivity index (χ3v) is 4.45. The molecule has 2 N–H and O–H groups in total. The van der Waals surface area contributed by atoms with Gasteiger partial charge in [0.2, 0.25) is 0 Å². The highest BCUT2D eigenvalue weighted by Gasteiger charge is 2.35. The van der Waals surface area contributed by atoms with Crippen LogP contribution in [-0.4, -0.2) is 62.0 Å². The Kier molecular flexibility index (Phi) is 6.07. The molecule has 0 aromatic rings. The molecule has 0 aromatic carbocycles. The zero-order chi connectivity index (χ0) is 13.6. The third kappa shape index (κ3) is 4.71. The molecule has 4 nitrogen and oxygen atoms in total. The number of piperidine rings is 1. The average Bonchev–Trinajstić information content (AvgIpc) is 2.43. The predicted octanol–water partition coefficient (Wildman–Crippen LogP) is 1.24. The zero-order valence-electron chi connectivity index (χ0n) is 12.4. The molecule has 112 valence electrons. The van der Waals surface area contributed by atoms with Crippen LogP contribution in [0.1, 0.15) is 39.0 Å². The molecule has 2 saturated heterocycles. The zero-order valence-corrected chi connectivity index (χ0v) is 12.4. The molecule has 0 spiro atoms. The van der Waals surface area contributed by atoms with Crippen LogP contribution < -0.4 is 5.32 Å². The van der Waals surface area contributed by atoms with Crippen LogP contribution in [-0.2, 0) is 4.74 Å². The van der Waals surface area contributed by atoms with Gasteiger partial charge in [-0.25, -0.2) is 0 Å². The molecule has 0 radical (unpaired) electrons. The molecule has 1 atom stereocenters. The molecule has 2 fully saturated rings. The highest BCUT2D eigenvalue weighted by Crippen LogP contribution is 2.30. The summed E-state index contributed by atoms with van der Waals surface area (Å²) >= 11 is 0. The summed E-state index contributed by atoms with van der Waals surface area (Å²) in [6.45, 7) is 9.39. The summed E-state index contributed by atoms with van der Waals surface area (Å²) < 4.78 is 5.76. The monoisotopic (exact) mass is 270 g/mol. The molecule has 2 heterocycles. The second kappa shape index (κ2) is 7.58. The summed E-state index contributed by atoms with van der Waals surface area (Å²) in [6, 6.07) is 0. The van der Waals surface area contributed by atoms with Crippen molar-refractivity contribution < 1.29 is 9.84 Å². The van der Waals surface area contributed by atoms with Crippen LogP contribution in [0.3, 0.4) is 0 Å². The normalized spacial score (nSPS) is 30.6. The van der Waals surface area contributed by atoms with Crippen LogP contribution in [0.15, 0.2) is 0 Å². The summed E-state index contributed by atoms with van der Waals surface area (Å²) in [5, 5.41) is 13.2. The highest BCUT2D eigenvalue weighted by atomic mass is 16.5. The molecule has 0 bridgehead atoms. The number of nitrogens with one attached hydrogen (secondary N) is 1. The van der Waals surface area contributed by atoms with Gasteiger partial charge in [-0.05, 0) is 38.6 Å². The van der Waals surface area contributed by atoms with Crippen molar-refractivity contribution in [3.63, 3.8) is 0 Å². The minimum absolute atomic E-state index is 0.0759. The molecule has 0 amide bonds. The average molecular weight is 270 g/mol. The Hall–Kier alpha value is -0.160. The lowest BCUT2D eigenvalue weighted by atomic mass is 9.81. The van der Waals surface area contributed by atoms with E-state index in [1.165, 1.54) is 19.3 Å². The number of aliphatic hydroxyl groups is 1. The Morgan fingerprint density at radius 1 is 1.37 bits per heavy atom. The molecule has 0 aromatic heterocycles. The van der Waals surface area contributed by atoms with Crippen molar-refractivity contribution in [2.24, 2.45) is 5.41 Å². The summed E-state index contributed by atoms with van der Waals surface area (Å²) in [5.74, 6) is 0. The minimum Gasteiger partial charge on any atom is -0.393 e. The summed E-state index contributed by atoms with van der Waals surface area (Å²) in [6.07, 6.45) is 5.42. The first kappa shape index (κ1) is 15.2. The smallest absolute Gasteiger partial charge is 0.0564 e. The second-order valence-electron chi connectivity index (χ2n) is 6.34. The van der Waals surface area contributed by atoms with Crippen molar-refractivity contribution in [2.45, 2.75) is 45.1 Å². The first-order valence-electron chi connectivity index (χ1n) is 7.93. The van der Waals surface area contributed by atoms with E-state index in [1.807, 2.05) is 0 Å². The molecule has 0 saturated carbocycles. The Bertz CT molecular complexity index is 247. The SMILES string of the molecule is CCCNCC1(CN2CCC(O)CC2)CCCOC1. The molecule has 4 heteroatoms. The Morgan fingerprint density at radius 3 is 2.79 bits per heavy atom. The van der Waals surface area contributed by atoms with Gasteiger partial charge in [0.15, 0.2) is 0 Å². The van der Waals surface area contributed by atoms with Gasteiger partial charge in [0, 0.05) is 38.2 Å². The highest BCUT2D eigenvalue weighted by molar-refractivity contribution is 4.88. The number of likely N-dealkylation sites (tertiary alicyclic amines) is 1. The molecule has 19 heavy (non-hydrogen) atoms. The number of rotatable bonds is 6. The van der Waals surface area contributed by atoms with Gasteiger partial charge < -0.3 is 20.1 Å². The van der Waals surface area contributed by atoms with E-state index in [1.54, 1.807) is 0 Å². The lowest BCUT2D eigenvalue weighted by Gasteiger charge is -2.42. The lowest BCUT2D eigenvalue weighted by molar-refractivity contribution is -0.0349. The van der Waals surface area contributed by atoms with Crippen molar-refractivity contribution in [1.29, 1.82) is 0 Å². The number of nitrogens with zero attached hydrogens (tertiary/aromatic N) is 1. The number of hydrogen-bond donors (Lipinski definition) is 2. The quantitative estimate of drug-likeness (QED) is 0.713. The maximum absolute atomic E-state index is 9.61. The van der Waals surface area contributed by atoms with E-state index in [2.05, 4.69) is 17.1 Å². The van der Waals surface area contributed by atoms with Gasteiger partial charge in [-0.2, -0.15) is 0 Å². The van der Waals surface area contributed by atoms with E-state index in [4.69, 9.17) is 4.74 Å². The predicted molar refractivity (Wildman–Crippen MR) is 77.3 cm³/mol. The van der Waals surface area contributed by atoms with Gasteiger partial charge in [-0.1, -0.05) is 6.92 Å². The number of hydrogen-bond acceptors (Lipinski definition) is 4. The van der Waals surface area contributed by atoms with Crippen LogP contribution >= 0.6 is 0 Å². The number of aliphatic hydroxyl groups excluding tert-OH is 1. The van der Waals surface area contributed by atoms with Gasteiger partial charge >= 0.3 is 0 Å². The Morgan fingerprint density at radius 2 is 2.16 bits per heavy atom. The van der Waals surface area contributed by atoms with E-state index < -0.39 is 0 Å². The Balaban J connectivity index is 1.85. The number of ether oxygens (including phenoxy) is 1. The van der Waals surface area contributed by atoms with Gasteiger partial charge in [-0.3, -0.25) is 0 Å². The molecule has 2 aliphatic rings. The maximum atomic E-state index is 9.61. The van der Waals surface area contributed by atoms with Crippen LogP contribution in [0.2, 0.25) is 0 Å². The van der Waals surface area contributed by atoms with Crippen molar-refractivity contribution >= 4 is 0 Å². The fourth-order valence-corrected chi connectivity index (χ4v) is 3.31. The topological polar surface area (TPSA) is 44.7 Å². The lowest BCUT2D eigenvalue weighted by Crippen LogP contribution is -2.51. The first-order valence-corrected chi connectivity index (χ1v) is 7.93. The first-order chi connectivity index (χ1) is 9.24. The summed E-state index contributed by atoms with van der Waals surface area (Å²) in [7, 11) is 0. The standard InChI is InChI=1S/C15H30N2O2/c1-2-7-16-11-15(6-3-10-19-13-15)12-17-8-4-14(18)5-9-17/h14,16,18H,2-13H2,1H3. The van der Waals surface area contributed by atoms with E-state index in [-0.39, 0.29) is 11.5 Å². The molecular formula is C15H30N2O2. The fourth-order valence-electron chi connectivity index (χ4n) is 3.31. The van der Waals surface area contributed by atoms with Crippen LogP contribution in [0, 0.1) is 5.41 Å². The van der Waals surface area contributed by atoms with Crippen LogP contribution in [0.25, 0.3) is 0 Å². The van der Waals surface area contributed by atoms with E-state index in [0.29, 0.717) is 0 Å². The third-order valence-electron chi connectivity index (χ3n) is 4.45.